The molecule has 0 aromatic carbocycles. The van der Waals surface area contributed by atoms with Gasteiger partial charge in [-0.05, 0) is 11.8 Å². The van der Waals surface area contributed by atoms with Crippen molar-refractivity contribution in [3.05, 3.63) is 0 Å². The Balaban J connectivity index is 3.03. The number of amides is 2. The third-order valence-corrected chi connectivity index (χ3v) is 3.30. The molecule has 1 aliphatic rings. The number of piperazine rings is 1. The summed E-state index contributed by atoms with van der Waals surface area (Å²) in [7, 11) is 0. The van der Waals surface area contributed by atoms with E-state index < -0.39 is 23.9 Å². The summed E-state index contributed by atoms with van der Waals surface area (Å²) in [6.45, 7) is 7.02. The van der Waals surface area contributed by atoms with Crippen LogP contribution in [0.1, 0.15) is 34.1 Å². The smallest absolute Gasteiger partial charge is 0.272 e. The molecule has 0 spiro atoms. The number of nitrogens with zero attached hydrogens (tertiary/aromatic N) is 2. The molecule has 1 heterocycles. The van der Waals surface area contributed by atoms with Gasteiger partial charge in [0.1, 0.15) is 12.1 Å². The molecule has 0 saturated carbocycles. The second-order valence-corrected chi connectivity index (χ2v) is 4.88. The van der Waals surface area contributed by atoms with Crippen molar-refractivity contribution < 1.29 is 20.0 Å². The van der Waals surface area contributed by atoms with E-state index in [1.807, 2.05) is 6.92 Å². The average Bonchev–Trinajstić information content (AvgIpc) is 2.26. The van der Waals surface area contributed by atoms with E-state index in [9.17, 15) is 20.0 Å². The largest absolute Gasteiger partial charge is 0.285 e. The summed E-state index contributed by atoms with van der Waals surface area (Å²) in [5.74, 6) is -1.73. The molecule has 17 heavy (non-hydrogen) atoms. The molecule has 3 unspecified atom stereocenters. The number of rotatable bonds is 3. The number of carbonyl (C=O) groups is 2. The van der Waals surface area contributed by atoms with Gasteiger partial charge in [-0.25, -0.2) is 10.1 Å². The fraction of sp³-hybridized carbons (Fsp3) is 0.818. The average molecular weight is 244 g/mol. The van der Waals surface area contributed by atoms with Crippen LogP contribution in [0, 0.1) is 11.8 Å². The molecule has 6 heteroatoms. The maximum Gasteiger partial charge on any atom is 0.272 e. The lowest BCUT2D eigenvalue weighted by molar-refractivity contribution is -0.237. The Morgan fingerprint density at radius 3 is 1.88 bits per heavy atom. The van der Waals surface area contributed by atoms with Crippen LogP contribution in [0.25, 0.3) is 0 Å². The Morgan fingerprint density at radius 1 is 1.06 bits per heavy atom. The molecule has 0 aliphatic carbocycles. The van der Waals surface area contributed by atoms with Gasteiger partial charge >= 0.3 is 0 Å². The van der Waals surface area contributed by atoms with Crippen LogP contribution >= 0.6 is 0 Å². The van der Waals surface area contributed by atoms with Gasteiger partial charge in [-0.15, -0.1) is 0 Å². The minimum absolute atomic E-state index is 0.209. The predicted octanol–water partition coefficient (Wildman–Crippen LogP) is 0.875. The van der Waals surface area contributed by atoms with Crippen LogP contribution in [0.3, 0.4) is 0 Å². The third kappa shape index (κ3) is 2.28. The molecule has 0 radical (unpaired) electrons. The van der Waals surface area contributed by atoms with E-state index in [4.69, 9.17) is 0 Å². The first-order chi connectivity index (χ1) is 7.82. The first kappa shape index (κ1) is 13.9. The summed E-state index contributed by atoms with van der Waals surface area (Å²) in [6, 6.07) is -2.00. The van der Waals surface area contributed by atoms with E-state index in [-0.39, 0.29) is 11.8 Å². The molecule has 3 atom stereocenters. The minimum Gasteiger partial charge on any atom is -0.285 e. The topological polar surface area (TPSA) is 81.1 Å². The zero-order valence-electron chi connectivity index (χ0n) is 10.6. The standard InChI is InChI=1S/C11H20N2O4/c1-5-7(4)9-11(15)12(16)8(6(2)3)10(14)13(9)17/h6-9,16-17H,5H2,1-4H3. The molecule has 0 bridgehead atoms. The number of hydroxylamine groups is 4. The molecule has 2 N–H and O–H groups in total. The minimum atomic E-state index is -1.01. The molecule has 1 rings (SSSR count). The first-order valence-electron chi connectivity index (χ1n) is 5.86. The van der Waals surface area contributed by atoms with Crippen molar-refractivity contribution in [3.63, 3.8) is 0 Å². The van der Waals surface area contributed by atoms with Gasteiger partial charge in [-0.3, -0.25) is 20.0 Å². The molecule has 1 aliphatic heterocycles. The third-order valence-electron chi connectivity index (χ3n) is 3.30. The Morgan fingerprint density at radius 2 is 1.47 bits per heavy atom. The van der Waals surface area contributed by atoms with Gasteiger partial charge in [0.2, 0.25) is 0 Å². The fourth-order valence-electron chi connectivity index (χ4n) is 2.03. The quantitative estimate of drug-likeness (QED) is 0.722. The monoisotopic (exact) mass is 244 g/mol. The summed E-state index contributed by atoms with van der Waals surface area (Å²) < 4.78 is 0. The zero-order chi connectivity index (χ0) is 13.3. The van der Waals surface area contributed by atoms with Crippen LogP contribution in [-0.4, -0.2) is 44.4 Å². The van der Waals surface area contributed by atoms with Gasteiger partial charge in [0.25, 0.3) is 11.8 Å². The Hall–Kier alpha value is -1.14. The lowest BCUT2D eigenvalue weighted by Gasteiger charge is -2.42. The Kier molecular flexibility index (Phi) is 4.11. The normalized spacial score (nSPS) is 27.9. The van der Waals surface area contributed by atoms with Crippen molar-refractivity contribution in [3.8, 4) is 0 Å². The van der Waals surface area contributed by atoms with E-state index in [1.165, 1.54) is 0 Å². The van der Waals surface area contributed by atoms with Crippen LogP contribution in [-0.2, 0) is 9.59 Å². The number of hydrogen-bond acceptors (Lipinski definition) is 4. The van der Waals surface area contributed by atoms with E-state index in [0.717, 1.165) is 0 Å². The molecule has 2 amide bonds. The summed E-state index contributed by atoms with van der Waals surface area (Å²) >= 11 is 0. The van der Waals surface area contributed by atoms with Crippen molar-refractivity contribution >= 4 is 11.8 Å². The molecule has 0 aromatic rings. The molecule has 98 valence electrons. The van der Waals surface area contributed by atoms with Gasteiger partial charge in [-0.1, -0.05) is 34.1 Å². The van der Waals surface area contributed by atoms with Crippen LogP contribution in [0.5, 0.6) is 0 Å². The number of hydrogen-bond donors (Lipinski definition) is 2. The highest BCUT2D eigenvalue weighted by Crippen LogP contribution is 2.25. The molecule has 1 fully saturated rings. The highest BCUT2D eigenvalue weighted by molar-refractivity contribution is 5.95. The highest BCUT2D eigenvalue weighted by Gasteiger charge is 2.48. The summed E-state index contributed by atoms with van der Waals surface area (Å²) in [6.07, 6.45) is 0.626. The fourth-order valence-corrected chi connectivity index (χ4v) is 2.03. The van der Waals surface area contributed by atoms with Gasteiger partial charge in [-0.2, -0.15) is 0 Å². The maximum absolute atomic E-state index is 11.9. The predicted molar refractivity (Wildman–Crippen MR) is 59.1 cm³/mol. The van der Waals surface area contributed by atoms with Gasteiger partial charge in [0.15, 0.2) is 0 Å². The Bertz CT molecular complexity index is 319. The Labute approximate surface area is 101 Å². The SMILES string of the molecule is CCC(C)C1C(=O)N(O)C(C(C)C)C(=O)N1O. The molecule has 6 nitrogen and oxygen atoms in total. The lowest BCUT2D eigenvalue weighted by Crippen LogP contribution is -2.65. The molecular weight excluding hydrogens is 224 g/mol. The number of carbonyl (C=O) groups excluding carboxylic acids is 2. The summed E-state index contributed by atoms with van der Waals surface area (Å²) in [4.78, 5) is 23.8. The van der Waals surface area contributed by atoms with Gasteiger partial charge in [0, 0.05) is 0 Å². The highest BCUT2D eigenvalue weighted by atomic mass is 16.5. The van der Waals surface area contributed by atoms with Gasteiger partial charge < -0.3 is 0 Å². The van der Waals surface area contributed by atoms with Crippen LogP contribution < -0.4 is 0 Å². The molecule has 0 aromatic heterocycles. The van der Waals surface area contributed by atoms with Gasteiger partial charge in [0.05, 0.1) is 0 Å². The second kappa shape index (κ2) is 5.01. The van der Waals surface area contributed by atoms with E-state index in [0.29, 0.717) is 16.5 Å². The van der Waals surface area contributed by atoms with Crippen LogP contribution in [0.4, 0.5) is 0 Å². The van der Waals surface area contributed by atoms with E-state index in [1.54, 1.807) is 20.8 Å². The first-order valence-corrected chi connectivity index (χ1v) is 5.86. The van der Waals surface area contributed by atoms with E-state index in [2.05, 4.69) is 0 Å². The van der Waals surface area contributed by atoms with Crippen LogP contribution in [0.2, 0.25) is 0 Å². The molecular formula is C11H20N2O4. The van der Waals surface area contributed by atoms with Crippen molar-refractivity contribution in [1.82, 2.24) is 10.1 Å². The maximum atomic E-state index is 11.9. The van der Waals surface area contributed by atoms with Crippen molar-refractivity contribution in [2.75, 3.05) is 0 Å². The van der Waals surface area contributed by atoms with Crippen molar-refractivity contribution in [2.24, 2.45) is 11.8 Å². The molecule has 1 saturated heterocycles. The zero-order valence-corrected chi connectivity index (χ0v) is 10.6. The summed E-state index contributed by atoms with van der Waals surface area (Å²) in [5, 5.41) is 20.5. The summed E-state index contributed by atoms with van der Waals surface area (Å²) in [5.41, 5.74) is 0. The van der Waals surface area contributed by atoms with E-state index >= 15 is 0 Å². The lowest BCUT2D eigenvalue weighted by atomic mass is 9.92. The van der Waals surface area contributed by atoms with Crippen LogP contribution in [0.15, 0.2) is 0 Å². The second-order valence-electron chi connectivity index (χ2n) is 4.88. The van der Waals surface area contributed by atoms with Crippen molar-refractivity contribution in [2.45, 2.75) is 46.2 Å². The van der Waals surface area contributed by atoms with Crippen molar-refractivity contribution in [1.29, 1.82) is 0 Å².